The van der Waals surface area contributed by atoms with Crippen LogP contribution in [0, 0.1) is 0 Å². The number of fused-ring (bicyclic) bond motifs is 1. The number of hydrogen-bond acceptors (Lipinski definition) is 4. The average Bonchev–Trinajstić information content (AvgIpc) is 3.00. The Balaban J connectivity index is 1.90. The first-order chi connectivity index (χ1) is 20.2. The van der Waals surface area contributed by atoms with Crippen molar-refractivity contribution >= 4 is 16.6 Å². The van der Waals surface area contributed by atoms with Gasteiger partial charge in [-0.25, -0.2) is 0 Å². The molecule has 0 atom stereocenters. The summed E-state index contributed by atoms with van der Waals surface area (Å²) in [6.45, 7) is 9.17. The van der Waals surface area contributed by atoms with Gasteiger partial charge in [0, 0.05) is 24.2 Å². The SMILES string of the molecule is CCCCCCCCOc1c(OCCCC)c2ccc(NCc3ccccc3)cc2n(CCCCCCCC)c1=O. The molecule has 5 nitrogen and oxygen atoms in total. The molecule has 1 aromatic heterocycles. The lowest BCUT2D eigenvalue weighted by atomic mass is 10.1. The fraction of sp³-hybridized carbons (Fsp3) is 0.583. The van der Waals surface area contributed by atoms with Crippen molar-refractivity contribution in [2.45, 2.75) is 124 Å². The van der Waals surface area contributed by atoms with Crippen LogP contribution in [-0.4, -0.2) is 17.8 Å². The number of ether oxygens (including phenoxy) is 2. The van der Waals surface area contributed by atoms with Crippen LogP contribution in [0.5, 0.6) is 11.5 Å². The molecular weight excluding hydrogens is 508 g/mol. The minimum absolute atomic E-state index is 0.0660. The highest BCUT2D eigenvalue weighted by Gasteiger charge is 2.20. The van der Waals surface area contributed by atoms with Crippen LogP contribution in [-0.2, 0) is 13.1 Å². The predicted octanol–water partition coefficient (Wildman–Crippen LogP) is 9.89. The molecule has 1 N–H and O–H groups in total. The summed E-state index contributed by atoms with van der Waals surface area (Å²) >= 11 is 0. The van der Waals surface area contributed by atoms with E-state index in [1.54, 1.807) is 0 Å². The first-order valence-corrected chi connectivity index (χ1v) is 16.4. The van der Waals surface area contributed by atoms with E-state index in [4.69, 9.17) is 9.47 Å². The number of anilines is 1. The second-order valence-electron chi connectivity index (χ2n) is 11.3. The fourth-order valence-corrected chi connectivity index (χ4v) is 5.23. The van der Waals surface area contributed by atoms with E-state index in [1.165, 1.54) is 56.9 Å². The van der Waals surface area contributed by atoms with Gasteiger partial charge in [0.2, 0.25) is 5.75 Å². The van der Waals surface area contributed by atoms with Crippen molar-refractivity contribution in [2.24, 2.45) is 0 Å². The van der Waals surface area contributed by atoms with Gasteiger partial charge in [0.25, 0.3) is 5.56 Å². The van der Waals surface area contributed by atoms with E-state index in [9.17, 15) is 4.79 Å². The number of aromatic nitrogens is 1. The summed E-state index contributed by atoms with van der Waals surface area (Å²) in [6.07, 6.45) is 16.2. The molecule has 3 rings (SSSR count). The van der Waals surface area contributed by atoms with Gasteiger partial charge >= 0.3 is 0 Å². The van der Waals surface area contributed by atoms with E-state index in [0.717, 1.165) is 61.7 Å². The molecule has 3 aromatic rings. The van der Waals surface area contributed by atoms with E-state index in [0.29, 0.717) is 31.3 Å². The van der Waals surface area contributed by atoms with Crippen molar-refractivity contribution in [3.63, 3.8) is 0 Å². The highest BCUT2D eigenvalue weighted by molar-refractivity contribution is 5.90. The van der Waals surface area contributed by atoms with Crippen LogP contribution in [0.25, 0.3) is 10.9 Å². The molecule has 226 valence electrons. The Labute approximate surface area is 248 Å². The molecule has 0 bridgehead atoms. The zero-order chi connectivity index (χ0) is 29.1. The maximum absolute atomic E-state index is 14.0. The van der Waals surface area contributed by atoms with E-state index < -0.39 is 0 Å². The normalized spacial score (nSPS) is 11.2. The smallest absolute Gasteiger partial charge is 0.297 e. The minimum Gasteiger partial charge on any atom is -0.489 e. The highest BCUT2D eigenvalue weighted by Crippen LogP contribution is 2.35. The summed E-state index contributed by atoms with van der Waals surface area (Å²) in [5.41, 5.74) is 3.07. The van der Waals surface area contributed by atoms with E-state index in [-0.39, 0.29) is 5.56 Å². The fourth-order valence-electron chi connectivity index (χ4n) is 5.23. The molecule has 0 saturated heterocycles. The lowest BCUT2D eigenvalue weighted by Crippen LogP contribution is -2.24. The van der Waals surface area contributed by atoms with Gasteiger partial charge in [0.05, 0.1) is 18.7 Å². The van der Waals surface area contributed by atoms with Gasteiger partial charge in [-0.1, -0.05) is 122 Å². The molecule has 0 aliphatic carbocycles. The van der Waals surface area contributed by atoms with Crippen LogP contribution in [0.4, 0.5) is 5.69 Å². The number of aryl methyl sites for hydroxylation is 1. The molecule has 0 amide bonds. The topological polar surface area (TPSA) is 52.5 Å². The third-order valence-electron chi connectivity index (χ3n) is 7.74. The average molecular weight is 563 g/mol. The standard InChI is InChI=1S/C36H54N2O3/c1-4-7-10-12-14-19-25-38-33-28-31(37-29-30-21-17-16-18-22-30)23-24-32(33)34(40-26-9-6-3)35(36(38)39)41-27-20-15-13-11-8-5-2/h16-18,21-24,28,37H,4-15,19-20,25-27,29H2,1-3H3. The Bertz CT molecular complexity index is 1190. The summed E-state index contributed by atoms with van der Waals surface area (Å²) < 4.78 is 14.5. The molecule has 0 aliphatic rings. The summed E-state index contributed by atoms with van der Waals surface area (Å²) in [5.74, 6) is 0.997. The van der Waals surface area contributed by atoms with Crippen LogP contribution in [0.1, 0.15) is 116 Å². The Morgan fingerprint density at radius 2 is 1.27 bits per heavy atom. The van der Waals surface area contributed by atoms with Gasteiger partial charge in [-0.3, -0.25) is 4.79 Å². The second-order valence-corrected chi connectivity index (χ2v) is 11.3. The van der Waals surface area contributed by atoms with E-state index >= 15 is 0 Å². The maximum Gasteiger partial charge on any atom is 0.297 e. The number of nitrogens with zero attached hydrogens (tertiary/aromatic N) is 1. The van der Waals surface area contributed by atoms with Crippen molar-refractivity contribution in [1.82, 2.24) is 4.57 Å². The highest BCUT2D eigenvalue weighted by atomic mass is 16.5. The Hall–Kier alpha value is -2.95. The van der Waals surface area contributed by atoms with Gasteiger partial charge in [0.1, 0.15) is 0 Å². The third kappa shape index (κ3) is 10.8. The van der Waals surface area contributed by atoms with Crippen molar-refractivity contribution in [3.8, 4) is 11.5 Å². The molecule has 0 saturated carbocycles. The molecule has 2 aromatic carbocycles. The van der Waals surface area contributed by atoms with Crippen LogP contribution in [0.2, 0.25) is 0 Å². The zero-order valence-electron chi connectivity index (χ0n) is 26.0. The van der Waals surface area contributed by atoms with Crippen molar-refractivity contribution in [3.05, 3.63) is 64.4 Å². The number of nitrogens with one attached hydrogen (secondary N) is 1. The minimum atomic E-state index is -0.0660. The summed E-state index contributed by atoms with van der Waals surface area (Å²) in [5, 5.41) is 4.51. The van der Waals surface area contributed by atoms with Crippen LogP contribution < -0.4 is 20.3 Å². The lowest BCUT2D eigenvalue weighted by molar-refractivity contribution is 0.257. The van der Waals surface area contributed by atoms with Crippen molar-refractivity contribution in [1.29, 1.82) is 0 Å². The van der Waals surface area contributed by atoms with Crippen LogP contribution >= 0.6 is 0 Å². The number of rotatable bonds is 22. The van der Waals surface area contributed by atoms with E-state index in [1.807, 2.05) is 10.6 Å². The monoisotopic (exact) mass is 562 g/mol. The molecule has 0 radical (unpaired) electrons. The van der Waals surface area contributed by atoms with Crippen LogP contribution in [0.3, 0.4) is 0 Å². The van der Waals surface area contributed by atoms with E-state index in [2.05, 4.69) is 68.6 Å². The van der Waals surface area contributed by atoms with Gasteiger partial charge in [-0.2, -0.15) is 0 Å². The number of unbranched alkanes of at least 4 members (excludes halogenated alkanes) is 11. The van der Waals surface area contributed by atoms with Gasteiger partial charge in [0.15, 0.2) is 5.75 Å². The Morgan fingerprint density at radius 1 is 0.659 bits per heavy atom. The first kappa shape index (κ1) is 32.6. The lowest BCUT2D eigenvalue weighted by Gasteiger charge is -2.20. The number of hydrogen-bond donors (Lipinski definition) is 1. The van der Waals surface area contributed by atoms with Gasteiger partial charge in [-0.15, -0.1) is 0 Å². The predicted molar refractivity (Wildman–Crippen MR) is 175 cm³/mol. The molecule has 41 heavy (non-hydrogen) atoms. The first-order valence-electron chi connectivity index (χ1n) is 16.4. The molecule has 0 unspecified atom stereocenters. The third-order valence-corrected chi connectivity index (χ3v) is 7.74. The zero-order valence-corrected chi connectivity index (χ0v) is 26.0. The Morgan fingerprint density at radius 3 is 1.98 bits per heavy atom. The van der Waals surface area contributed by atoms with Crippen molar-refractivity contribution in [2.75, 3.05) is 18.5 Å². The quantitative estimate of drug-likeness (QED) is 0.124. The summed E-state index contributed by atoms with van der Waals surface area (Å²) in [4.78, 5) is 14.0. The molecular formula is C36H54N2O3. The molecule has 1 heterocycles. The van der Waals surface area contributed by atoms with Gasteiger partial charge in [-0.05, 0) is 43.0 Å². The van der Waals surface area contributed by atoms with Gasteiger partial charge < -0.3 is 19.4 Å². The number of pyridine rings is 1. The summed E-state index contributed by atoms with van der Waals surface area (Å²) in [6, 6.07) is 16.7. The summed E-state index contributed by atoms with van der Waals surface area (Å²) in [7, 11) is 0. The molecule has 5 heteroatoms. The number of benzene rings is 2. The maximum atomic E-state index is 14.0. The molecule has 0 aliphatic heterocycles. The Kier molecular flexibility index (Phi) is 15.3. The molecule has 0 spiro atoms. The largest absolute Gasteiger partial charge is 0.489 e. The van der Waals surface area contributed by atoms with Crippen LogP contribution in [0.15, 0.2) is 53.3 Å². The second kappa shape index (κ2) is 19.2. The van der Waals surface area contributed by atoms with Crippen molar-refractivity contribution < 1.29 is 9.47 Å². The molecule has 0 fully saturated rings.